The molecule has 8 heteroatoms. The summed E-state index contributed by atoms with van der Waals surface area (Å²) in [4.78, 5) is 21.6. The number of rotatable bonds is 4. The number of benzene rings is 1. The van der Waals surface area contributed by atoms with Crippen molar-refractivity contribution in [3.05, 3.63) is 71.3 Å². The number of hydrogen-bond donors (Lipinski definition) is 2. The summed E-state index contributed by atoms with van der Waals surface area (Å²) in [5, 5.41) is 15.9. The van der Waals surface area contributed by atoms with Gasteiger partial charge in [0.1, 0.15) is 11.7 Å². The molecular formula is C22H20ClF2N3O2. The number of amides is 1. The third-order valence-corrected chi connectivity index (χ3v) is 5.82. The number of fused-ring (bicyclic) bond motifs is 1. The Morgan fingerprint density at radius 1 is 1.07 bits per heavy atom. The predicted octanol–water partition coefficient (Wildman–Crippen LogP) is 4.69. The molecule has 2 heterocycles. The molecule has 1 saturated carbocycles. The lowest BCUT2D eigenvalue weighted by Crippen LogP contribution is -2.50. The van der Waals surface area contributed by atoms with E-state index in [1.807, 2.05) is 12.1 Å². The summed E-state index contributed by atoms with van der Waals surface area (Å²) in [5.74, 6) is -3.36. The highest BCUT2D eigenvalue weighted by atomic mass is 35.5. The first-order valence-electron chi connectivity index (χ1n) is 9.64. The van der Waals surface area contributed by atoms with Gasteiger partial charge in [0.2, 0.25) is 5.92 Å². The third-order valence-electron chi connectivity index (χ3n) is 5.59. The topological polar surface area (TPSA) is 75.1 Å². The molecule has 1 aromatic carbocycles. The number of aliphatic hydroxyl groups is 1. The summed E-state index contributed by atoms with van der Waals surface area (Å²) >= 11 is 6.08. The van der Waals surface area contributed by atoms with Crippen molar-refractivity contribution in [1.82, 2.24) is 15.3 Å². The minimum absolute atomic E-state index is 0.178. The third kappa shape index (κ3) is 4.13. The zero-order valence-electron chi connectivity index (χ0n) is 16.0. The standard InChI is InChI=1S/C22H20ClF2N3O2/c23-15-6-12-26-17(13-15)19(21(30)7-9-22(24,25)10-8-21)28-20(29)18-16-4-2-1-3-14(16)5-11-27-18/h1-6,11-13,19,30H,7-10H2,(H,28,29). The van der Waals surface area contributed by atoms with Crippen molar-refractivity contribution < 1.29 is 18.7 Å². The Labute approximate surface area is 177 Å². The second-order valence-electron chi connectivity index (χ2n) is 7.65. The van der Waals surface area contributed by atoms with Crippen LogP contribution in [0, 0.1) is 0 Å². The predicted molar refractivity (Wildman–Crippen MR) is 110 cm³/mol. The van der Waals surface area contributed by atoms with Crippen LogP contribution in [0.4, 0.5) is 8.78 Å². The lowest BCUT2D eigenvalue weighted by molar-refractivity contribution is -0.116. The minimum Gasteiger partial charge on any atom is -0.387 e. The van der Waals surface area contributed by atoms with E-state index in [1.165, 1.54) is 18.5 Å². The summed E-state index contributed by atoms with van der Waals surface area (Å²) in [6.07, 6.45) is 1.68. The molecule has 1 unspecified atom stereocenters. The number of nitrogens with zero attached hydrogens (tertiary/aromatic N) is 2. The molecule has 156 valence electrons. The van der Waals surface area contributed by atoms with E-state index in [0.717, 1.165) is 5.39 Å². The van der Waals surface area contributed by atoms with Crippen molar-refractivity contribution in [2.75, 3.05) is 0 Å². The zero-order chi connectivity index (χ0) is 21.4. The van der Waals surface area contributed by atoms with Gasteiger partial charge in [-0.2, -0.15) is 0 Å². The molecule has 1 amide bonds. The molecule has 0 aliphatic heterocycles. The van der Waals surface area contributed by atoms with E-state index in [9.17, 15) is 18.7 Å². The van der Waals surface area contributed by atoms with Crippen molar-refractivity contribution in [1.29, 1.82) is 0 Å². The normalized spacial score (nSPS) is 18.7. The number of halogens is 3. The smallest absolute Gasteiger partial charge is 0.271 e. The van der Waals surface area contributed by atoms with Gasteiger partial charge < -0.3 is 10.4 Å². The molecule has 1 aliphatic carbocycles. The molecule has 0 saturated heterocycles. The van der Waals surface area contributed by atoms with Crippen molar-refractivity contribution in [3.63, 3.8) is 0 Å². The van der Waals surface area contributed by atoms with Crippen LogP contribution in [0.15, 0.2) is 54.9 Å². The minimum atomic E-state index is -2.83. The molecule has 3 aromatic rings. The average Bonchev–Trinajstić information content (AvgIpc) is 2.74. The molecular weight excluding hydrogens is 412 g/mol. The fraction of sp³-hybridized carbons (Fsp3) is 0.318. The van der Waals surface area contributed by atoms with Gasteiger partial charge in [-0.25, -0.2) is 8.78 Å². The fourth-order valence-corrected chi connectivity index (χ4v) is 4.07. The van der Waals surface area contributed by atoms with Gasteiger partial charge in [0.15, 0.2) is 0 Å². The lowest BCUT2D eigenvalue weighted by atomic mass is 9.76. The van der Waals surface area contributed by atoms with Gasteiger partial charge in [0.25, 0.3) is 5.91 Å². The first-order chi connectivity index (χ1) is 14.3. The van der Waals surface area contributed by atoms with Gasteiger partial charge >= 0.3 is 0 Å². The van der Waals surface area contributed by atoms with Crippen LogP contribution in [0.25, 0.3) is 10.8 Å². The summed E-state index contributed by atoms with van der Waals surface area (Å²) in [6, 6.07) is 11.2. The number of alkyl halides is 2. The Balaban J connectivity index is 1.70. The first kappa shape index (κ1) is 20.6. The number of carbonyl (C=O) groups excluding carboxylic acids is 1. The van der Waals surface area contributed by atoms with E-state index in [1.54, 1.807) is 24.3 Å². The molecule has 30 heavy (non-hydrogen) atoms. The quantitative estimate of drug-likeness (QED) is 0.628. The second-order valence-corrected chi connectivity index (χ2v) is 8.08. The molecule has 1 aliphatic rings. The lowest BCUT2D eigenvalue weighted by Gasteiger charge is -2.41. The summed E-state index contributed by atoms with van der Waals surface area (Å²) in [7, 11) is 0. The van der Waals surface area contributed by atoms with Crippen molar-refractivity contribution in [2.24, 2.45) is 0 Å². The highest BCUT2D eigenvalue weighted by molar-refractivity contribution is 6.30. The van der Waals surface area contributed by atoms with Crippen LogP contribution in [0.5, 0.6) is 0 Å². The van der Waals surface area contributed by atoms with Crippen LogP contribution in [0.1, 0.15) is 47.9 Å². The van der Waals surface area contributed by atoms with E-state index >= 15 is 0 Å². The number of carbonyl (C=O) groups is 1. The Morgan fingerprint density at radius 3 is 2.50 bits per heavy atom. The van der Waals surface area contributed by atoms with Crippen LogP contribution in [0.3, 0.4) is 0 Å². The summed E-state index contributed by atoms with van der Waals surface area (Å²) < 4.78 is 27.5. The molecule has 2 N–H and O–H groups in total. The van der Waals surface area contributed by atoms with Gasteiger partial charge in [0, 0.05) is 35.6 Å². The molecule has 1 fully saturated rings. The van der Waals surface area contributed by atoms with Crippen molar-refractivity contribution in [2.45, 2.75) is 43.2 Å². The van der Waals surface area contributed by atoms with Crippen molar-refractivity contribution in [3.8, 4) is 0 Å². The van der Waals surface area contributed by atoms with Crippen LogP contribution >= 0.6 is 11.6 Å². The van der Waals surface area contributed by atoms with Crippen LogP contribution in [0.2, 0.25) is 5.02 Å². The summed E-state index contributed by atoms with van der Waals surface area (Å²) in [6.45, 7) is 0. The molecule has 1 atom stereocenters. The number of nitrogens with one attached hydrogen (secondary N) is 1. The Morgan fingerprint density at radius 2 is 1.77 bits per heavy atom. The zero-order valence-corrected chi connectivity index (χ0v) is 16.7. The van der Waals surface area contributed by atoms with E-state index in [2.05, 4.69) is 15.3 Å². The Bertz CT molecular complexity index is 1080. The molecule has 2 aromatic heterocycles. The largest absolute Gasteiger partial charge is 0.387 e. The van der Waals surface area contributed by atoms with E-state index in [4.69, 9.17) is 11.6 Å². The maximum Gasteiger partial charge on any atom is 0.271 e. The Kier molecular flexibility index (Phi) is 5.42. The molecule has 4 rings (SSSR count). The SMILES string of the molecule is O=C(NC(c1cc(Cl)ccn1)C1(O)CCC(F)(F)CC1)c1nccc2ccccc12. The first-order valence-corrected chi connectivity index (χ1v) is 10.0. The van der Waals surface area contributed by atoms with E-state index in [0.29, 0.717) is 16.1 Å². The average molecular weight is 432 g/mol. The summed E-state index contributed by atoms with van der Waals surface area (Å²) in [5.41, 5.74) is -1.09. The monoisotopic (exact) mass is 431 g/mol. The van der Waals surface area contributed by atoms with Crippen molar-refractivity contribution >= 4 is 28.3 Å². The molecule has 0 spiro atoms. The molecule has 5 nitrogen and oxygen atoms in total. The van der Waals surface area contributed by atoms with Crippen LogP contribution in [-0.2, 0) is 0 Å². The number of aromatic nitrogens is 2. The van der Waals surface area contributed by atoms with E-state index < -0.39 is 36.3 Å². The highest BCUT2D eigenvalue weighted by Gasteiger charge is 2.48. The number of hydrogen-bond acceptors (Lipinski definition) is 4. The van der Waals surface area contributed by atoms with Gasteiger partial charge in [-0.1, -0.05) is 35.9 Å². The number of pyridine rings is 2. The van der Waals surface area contributed by atoms with Gasteiger partial charge in [-0.05, 0) is 36.4 Å². The van der Waals surface area contributed by atoms with Gasteiger partial charge in [-0.3, -0.25) is 14.8 Å². The molecule has 0 bridgehead atoms. The fourth-order valence-electron chi connectivity index (χ4n) is 3.90. The maximum absolute atomic E-state index is 13.7. The Hall–Kier alpha value is -2.64. The maximum atomic E-state index is 13.7. The molecule has 0 radical (unpaired) electrons. The van der Waals surface area contributed by atoms with E-state index in [-0.39, 0.29) is 18.5 Å². The van der Waals surface area contributed by atoms with Gasteiger partial charge in [0.05, 0.1) is 11.3 Å². The second kappa shape index (κ2) is 7.89. The van der Waals surface area contributed by atoms with Crippen LogP contribution in [-0.4, -0.2) is 32.5 Å². The van der Waals surface area contributed by atoms with Gasteiger partial charge in [-0.15, -0.1) is 0 Å². The van der Waals surface area contributed by atoms with Crippen LogP contribution < -0.4 is 5.32 Å². The highest BCUT2D eigenvalue weighted by Crippen LogP contribution is 2.44.